The van der Waals surface area contributed by atoms with E-state index in [0.29, 0.717) is 18.0 Å². The van der Waals surface area contributed by atoms with Crippen molar-refractivity contribution in [1.29, 1.82) is 0 Å². The molecule has 0 bridgehead atoms. The van der Waals surface area contributed by atoms with Crippen LogP contribution in [0.25, 0.3) is 0 Å². The van der Waals surface area contributed by atoms with E-state index in [-0.39, 0.29) is 24.9 Å². The van der Waals surface area contributed by atoms with E-state index in [1.165, 1.54) is 0 Å². The first-order valence-electron chi connectivity index (χ1n) is 6.99. The number of amides is 1. The van der Waals surface area contributed by atoms with Crippen LogP contribution in [0.5, 0.6) is 5.75 Å². The van der Waals surface area contributed by atoms with Crippen molar-refractivity contribution in [3.05, 3.63) is 24.3 Å². The van der Waals surface area contributed by atoms with Gasteiger partial charge in [-0.3, -0.25) is 9.59 Å². The monoisotopic (exact) mass is 293 g/mol. The molecule has 0 radical (unpaired) electrons. The number of rotatable bonds is 7. The second-order valence-corrected chi connectivity index (χ2v) is 4.92. The molecule has 1 amide bonds. The Labute approximate surface area is 123 Å². The third-order valence-corrected chi connectivity index (χ3v) is 3.14. The third-order valence-electron chi connectivity index (χ3n) is 3.14. The van der Waals surface area contributed by atoms with Crippen LogP contribution in [-0.2, 0) is 14.3 Å². The minimum absolute atomic E-state index is 0.0453. The molecule has 21 heavy (non-hydrogen) atoms. The number of benzene rings is 1. The van der Waals surface area contributed by atoms with Gasteiger partial charge in [-0.25, -0.2) is 0 Å². The van der Waals surface area contributed by atoms with Crippen LogP contribution in [0.2, 0.25) is 0 Å². The average Bonchev–Trinajstić information content (AvgIpc) is 2.97. The SMILES string of the molecule is O=C(O)CCC(=O)Nc1cccc(OC[C@H]2CCCO2)c1. The summed E-state index contributed by atoms with van der Waals surface area (Å²) in [7, 11) is 0. The molecule has 1 aromatic rings. The molecule has 1 aliphatic heterocycles. The number of carboxylic acid groups (broad SMARTS) is 1. The number of nitrogens with one attached hydrogen (secondary N) is 1. The number of carbonyl (C=O) groups excluding carboxylic acids is 1. The molecule has 0 saturated carbocycles. The average molecular weight is 293 g/mol. The predicted octanol–water partition coefficient (Wildman–Crippen LogP) is 2.05. The lowest BCUT2D eigenvalue weighted by atomic mass is 10.2. The van der Waals surface area contributed by atoms with Gasteiger partial charge in [0.05, 0.1) is 12.5 Å². The number of hydrogen-bond donors (Lipinski definition) is 2. The van der Waals surface area contributed by atoms with E-state index in [9.17, 15) is 9.59 Å². The van der Waals surface area contributed by atoms with Crippen molar-refractivity contribution in [2.75, 3.05) is 18.5 Å². The molecule has 0 aliphatic carbocycles. The maximum atomic E-state index is 11.6. The molecule has 114 valence electrons. The van der Waals surface area contributed by atoms with Crippen LogP contribution in [0.4, 0.5) is 5.69 Å². The van der Waals surface area contributed by atoms with Gasteiger partial charge >= 0.3 is 5.97 Å². The first-order valence-corrected chi connectivity index (χ1v) is 6.99. The quantitative estimate of drug-likeness (QED) is 0.803. The summed E-state index contributed by atoms with van der Waals surface area (Å²) in [5.74, 6) is -0.658. The molecule has 1 saturated heterocycles. The van der Waals surface area contributed by atoms with Gasteiger partial charge in [-0.05, 0) is 25.0 Å². The van der Waals surface area contributed by atoms with Gasteiger partial charge in [0.1, 0.15) is 12.4 Å². The molecule has 0 aromatic heterocycles. The van der Waals surface area contributed by atoms with E-state index in [4.69, 9.17) is 14.6 Å². The Balaban J connectivity index is 1.82. The number of carbonyl (C=O) groups is 2. The zero-order valence-electron chi connectivity index (χ0n) is 11.7. The first-order chi connectivity index (χ1) is 10.1. The Morgan fingerprint density at radius 1 is 1.38 bits per heavy atom. The molecule has 2 rings (SSSR count). The highest BCUT2D eigenvalue weighted by atomic mass is 16.5. The Morgan fingerprint density at radius 3 is 2.95 bits per heavy atom. The summed E-state index contributed by atoms with van der Waals surface area (Å²) in [6.07, 6.45) is 1.98. The molecule has 1 fully saturated rings. The van der Waals surface area contributed by atoms with Gasteiger partial charge in [-0.1, -0.05) is 6.07 Å². The summed E-state index contributed by atoms with van der Waals surface area (Å²) in [5.41, 5.74) is 0.593. The van der Waals surface area contributed by atoms with Crippen molar-refractivity contribution in [3.8, 4) is 5.75 Å². The highest BCUT2D eigenvalue weighted by Gasteiger charge is 2.16. The number of ether oxygens (including phenoxy) is 2. The summed E-state index contributed by atoms with van der Waals surface area (Å²) in [5, 5.41) is 11.2. The largest absolute Gasteiger partial charge is 0.491 e. The Bertz CT molecular complexity index is 497. The highest BCUT2D eigenvalue weighted by Crippen LogP contribution is 2.19. The minimum atomic E-state index is -0.987. The van der Waals surface area contributed by atoms with Crippen LogP contribution in [0.1, 0.15) is 25.7 Å². The standard InChI is InChI=1S/C15H19NO5/c17-14(6-7-15(18)19)16-11-3-1-4-12(9-11)21-10-13-5-2-8-20-13/h1,3-4,9,13H,2,5-8,10H2,(H,16,17)(H,18,19)/t13-/m1/s1. The van der Waals surface area contributed by atoms with Crippen molar-refractivity contribution >= 4 is 17.6 Å². The molecular formula is C15H19NO5. The van der Waals surface area contributed by atoms with E-state index < -0.39 is 5.97 Å². The van der Waals surface area contributed by atoms with Gasteiger partial charge < -0.3 is 19.9 Å². The van der Waals surface area contributed by atoms with Crippen LogP contribution < -0.4 is 10.1 Å². The number of hydrogen-bond acceptors (Lipinski definition) is 4. The molecule has 2 N–H and O–H groups in total. The fraction of sp³-hybridized carbons (Fsp3) is 0.467. The van der Waals surface area contributed by atoms with Crippen molar-refractivity contribution in [3.63, 3.8) is 0 Å². The van der Waals surface area contributed by atoms with Gasteiger partial charge in [-0.2, -0.15) is 0 Å². The Morgan fingerprint density at radius 2 is 2.24 bits per heavy atom. The fourth-order valence-corrected chi connectivity index (χ4v) is 2.07. The second kappa shape index (κ2) is 7.64. The smallest absolute Gasteiger partial charge is 0.303 e. The van der Waals surface area contributed by atoms with E-state index in [1.54, 1.807) is 18.2 Å². The molecular weight excluding hydrogens is 274 g/mol. The minimum Gasteiger partial charge on any atom is -0.491 e. The fourth-order valence-electron chi connectivity index (χ4n) is 2.07. The van der Waals surface area contributed by atoms with Gasteiger partial charge in [-0.15, -0.1) is 0 Å². The van der Waals surface area contributed by atoms with Crippen molar-refractivity contribution in [2.24, 2.45) is 0 Å². The molecule has 1 aromatic carbocycles. The zero-order chi connectivity index (χ0) is 15.1. The third kappa shape index (κ3) is 5.43. The lowest BCUT2D eigenvalue weighted by Gasteiger charge is -2.12. The maximum absolute atomic E-state index is 11.6. The molecule has 0 spiro atoms. The van der Waals surface area contributed by atoms with Crippen LogP contribution >= 0.6 is 0 Å². The Kier molecular flexibility index (Phi) is 5.57. The summed E-state index contributed by atoms with van der Waals surface area (Å²) in [4.78, 5) is 22.0. The van der Waals surface area contributed by atoms with Crippen LogP contribution in [-0.4, -0.2) is 36.3 Å². The van der Waals surface area contributed by atoms with Crippen molar-refractivity contribution in [1.82, 2.24) is 0 Å². The number of carboxylic acids is 1. The normalized spacial score (nSPS) is 17.4. The van der Waals surface area contributed by atoms with Gasteiger partial charge in [0.25, 0.3) is 0 Å². The second-order valence-electron chi connectivity index (χ2n) is 4.92. The van der Waals surface area contributed by atoms with E-state index in [1.807, 2.05) is 6.07 Å². The van der Waals surface area contributed by atoms with E-state index in [0.717, 1.165) is 19.4 Å². The lowest BCUT2D eigenvalue weighted by molar-refractivity contribution is -0.138. The molecule has 1 aliphatic rings. The van der Waals surface area contributed by atoms with E-state index in [2.05, 4.69) is 5.32 Å². The van der Waals surface area contributed by atoms with Gasteiger partial charge in [0, 0.05) is 24.8 Å². The van der Waals surface area contributed by atoms with Crippen LogP contribution in [0, 0.1) is 0 Å². The summed E-state index contributed by atoms with van der Waals surface area (Å²) >= 11 is 0. The van der Waals surface area contributed by atoms with Gasteiger partial charge in [0.15, 0.2) is 0 Å². The summed E-state index contributed by atoms with van der Waals surface area (Å²) < 4.78 is 11.1. The molecule has 6 heteroatoms. The molecule has 1 atom stereocenters. The molecule has 0 unspecified atom stereocenters. The van der Waals surface area contributed by atoms with Crippen molar-refractivity contribution < 1.29 is 24.2 Å². The van der Waals surface area contributed by atoms with Crippen LogP contribution in [0.3, 0.4) is 0 Å². The van der Waals surface area contributed by atoms with Gasteiger partial charge in [0.2, 0.25) is 5.91 Å². The zero-order valence-corrected chi connectivity index (χ0v) is 11.7. The molecule has 6 nitrogen and oxygen atoms in total. The Hall–Kier alpha value is -2.08. The molecule has 1 heterocycles. The summed E-state index contributed by atoms with van der Waals surface area (Å²) in [6.45, 7) is 1.28. The first kappa shape index (κ1) is 15.3. The lowest BCUT2D eigenvalue weighted by Crippen LogP contribution is -2.16. The topological polar surface area (TPSA) is 84.9 Å². The summed E-state index contributed by atoms with van der Waals surface area (Å²) in [6, 6.07) is 7.03. The van der Waals surface area contributed by atoms with Crippen LogP contribution in [0.15, 0.2) is 24.3 Å². The maximum Gasteiger partial charge on any atom is 0.303 e. The highest BCUT2D eigenvalue weighted by molar-refractivity contribution is 5.92. The van der Waals surface area contributed by atoms with Crippen molar-refractivity contribution in [2.45, 2.75) is 31.8 Å². The predicted molar refractivity (Wildman–Crippen MR) is 76.4 cm³/mol. The van der Waals surface area contributed by atoms with E-state index >= 15 is 0 Å². The number of aliphatic carboxylic acids is 1. The number of anilines is 1.